The largest absolute Gasteiger partial charge is 0.382 e. The minimum atomic E-state index is 0.458. The Morgan fingerprint density at radius 3 is 3.06 bits per heavy atom. The molecule has 0 saturated heterocycles. The molecule has 0 aliphatic carbocycles. The summed E-state index contributed by atoms with van der Waals surface area (Å²) in [5, 5.41) is 9.68. The van der Waals surface area contributed by atoms with Crippen LogP contribution in [0.15, 0.2) is 28.0 Å². The van der Waals surface area contributed by atoms with Gasteiger partial charge in [-0.05, 0) is 18.7 Å². The molecule has 0 unspecified atom stereocenters. The van der Waals surface area contributed by atoms with Crippen LogP contribution in [-0.4, -0.2) is 24.6 Å². The van der Waals surface area contributed by atoms with E-state index < -0.39 is 0 Å². The van der Waals surface area contributed by atoms with Crippen molar-refractivity contribution in [3.05, 3.63) is 23.6 Å². The van der Waals surface area contributed by atoms with E-state index in [2.05, 4.69) is 20.2 Å². The molecule has 0 atom stereocenters. The topological polar surface area (TPSA) is 82.0 Å². The number of fused-ring (bicyclic) bond motifs is 1. The molecule has 0 aromatic carbocycles. The first-order valence-corrected chi connectivity index (χ1v) is 6.43. The van der Waals surface area contributed by atoms with Crippen LogP contribution in [0, 0.1) is 6.92 Å². The number of hydrogen-bond donors (Lipinski definition) is 1. The monoisotopic (exact) mass is 264 g/mol. The Morgan fingerprint density at radius 1 is 1.41 bits per heavy atom. The lowest BCUT2D eigenvalue weighted by molar-refractivity contribution is 0.978. The lowest BCUT2D eigenvalue weighted by Crippen LogP contribution is -1.97. The fourth-order valence-corrected chi connectivity index (χ4v) is 3.22. The van der Waals surface area contributed by atoms with Crippen LogP contribution in [0.25, 0.3) is 5.65 Å². The van der Waals surface area contributed by atoms with E-state index in [1.165, 1.54) is 23.1 Å². The molecule has 0 fully saturated rings. The number of rotatable bonds is 2. The molecule has 2 N–H and O–H groups in total. The zero-order valence-corrected chi connectivity index (χ0v) is 10.5. The molecule has 0 aliphatic heterocycles. The highest BCUT2D eigenvalue weighted by Gasteiger charge is 2.10. The minimum absolute atomic E-state index is 0.458. The van der Waals surface area contributed by atoms with Gasteiger partial charge in [0.25, 0.3) is 0 Å². The minimum Gasteiger partial charge on any atom is -0.382 e. The van der Waals surface area contributed by atoms with Crippen molar-refractivity contribution in [1.29, 1.82) is 0 Å². The van der Waals surface area contributed by atoms with Crippen LogP contribution in [0.4, 0.5) is 5.82 Å². The molecular weight excluding hydrogens is 256 g/mol. The number of aryl methyl sites for hydroxylation is 1. The van der Waals surface area contributed by atoms with Gasteiger partial charge in [-0.1, -0.05) is 11.3 Å². The van der Waals surface area contributed by atoms with E-state index in [1.54, 1.807) is 12.4 Å². The predicted molar refractivity (Wildman–Crippen MR) is 66.2 cm³/mol. The fraction of sp³-hybridized carbons (Fsp3) is 0.111. The molecule has 3 aromatic rings. The third-order valence-electron chi connectivity index (χ3n) is 2.05. The van der Waals surface area contributed by atoms with Crippen LogP contribution in [0.3, 0.4) is 0 Å². The van der Waals surface area contributed by atoms with Crippen molar-refractivity contribution in [3.63, 3.8) is 0 Å². The first kappa shape index (κ1) is 10.5. The smallest absolute Gasteiger partial charge is 0.180 e. The lowest BCUT2D eigenvalue weighted by atomic mass is 10.6. The first-order chi connectivity index (χ1) is 8.22. The van der Waals surface area contributed by atoms with E-state index in [0.29, 0.717) is 5.82 Å². The maximum atomic E-state index is 5.74. The van der Waals surface area contributed by atoms with Gasteiger partial charge in [-0.3, -0.25) is 0 Å². The summed E-state index contributed by atoms with van der Waals surface area (Å²) in [4.78, 5) is 8.52. The standard InChI is InChI=1S/C9H8N6S2/c1-5-13-14-9(16-5)17-8-7-11-2-3-15(7)4-6(10)12-8/h2-4H,10H2,1H3. The number of nitrogens with two attached hydrogens (primary N) is 1. The van der Waals surface area contributed by atoms with Gasteiger partial charge in [-0.15, -0.1) is 10.2 Å². The number of nitrogen functional groups attached to an aromatic ring is 1. The number of hydrogen-bond acceptors (Lipinski definition) is 7. The van der Waals surface area contributed by atoms with Crippen molar-refractivity contribution in [2.24, 2.45) is 0 Å². The molecule has 0 amide bonds. The average Bonchev–Trinajstić information content (AvgIpc) is 2.87. The summed E-state index contributed by atoms with van der Waals surface area (Å²) in [6.07, 6.45) is 5.28. The Bertz CT molecular complexity index is 673. The van der Waals surface area contributed by atoms with Crippen molar-refractivity contribution in [1.82, 2.24) is 24.6 Å². The summed E-state index contributed by atoms with van der Waals surface area (Å²) < 4.78 is 2.68. The number of imidazole rings is 1. The van der Waals surface area contributed by atoms with E-state index in [0.717, 1.165) is 20.0 Å². The zero-order valence-electron chi connectivity index (χ0n) is 8.86. The zero-order chi connectivity index (χ0) is 11.8. The van der Waals surface area contributed by atoms with Crippen molar-refractivity contribution < 1.29 is 0 Å². The van der Waals surface area contributed by atoms with E-state index >= 15 is 0 Å². The summed E-state index contributed by atoms with van der Waals surface area (Å²) >= 11 is 2.95. The van der Waals surface area contributed by atoms with E-state index in [1.807, 2.05) is 17.5 Å². The van der Waals surface area contributed by atoms with Gasteiger partial charge in [0.15, 0.2) is 9.99 Å². The van der Waals surface area contributed by atoms with Crippen molar-refractivity contribution >= 4 is 34.6 Å². The average molecular weight is 264 g/mol. The van der Waals surface area contributed by atoms with Crippen LogP contribution in [-0.2, 0) is 0 Å². The van der Waals surface area contributed by atoms with Crippen LogP contribution < -0.4 is 5.73 Å². The maximum absolute atomic E-state index is 5.74. The quantitative estimate of drug-likeness (QED) is 0.757. The van der Waals surface area contributed by atoms with E-state index in [9.17, 15) is 0 Å². The number of anilines is 1. The summed E-state index contributed by atoms with van der Waals surface area (Å²) in [6, 6.07) is 0. The van der Waals surface area contributed by atoms with Crippen molar-refractivity contribution in [2.45, 2.75) is 16.3 Å². The van der Waals surface area contributed by atoms with Gasteiger partial charge in [-0.2, -0.15) is 0 Å². The highest BCUT2D eigenvalue weighted by Crippen LogP contribution is 2.31. The van der Waals surface area contributed by atoms with Gasteiger partial charge >= 0.3 is 0 Å². The molecule has 86 valence electrons. The molecule has 3 rings (SSSR count). The third kappa shape index (κ3) is 1.96. The van der Waals surface area contributed by atoms with Gasteiger partial charge in [0.2, 0.25) is 0 Å². The number of nitrogens with zero attached hydrogens (tertiary/aromatic N) is 5. The molecule has 0 bridgehead atoms. The van der Waals surface area contributed by atoms with Crippen LogP contribution >= 0.6 is 23.1 Å². The van der Waals surface area contributed by atoms with Crippen LogP contribution in [0.5, 0.6) is 0 Å². The third-order valence-corrected chi connectivity index (χ3v) is 3.91. The van der Waals surface area contributed by atoms with Gasteiger partial charge < -0.3 is 10.1 Å². The molecular formula is C9H8N6S2. The fourth-order valence-electron chi connectivity index (χ4n) is 1.39. The SMILES string of the molecule is Cc1nnc(Sc2nc(N)cn3ccnc23)s1. The Hall–Kier alpha value is -1.67. The van der Waals surface area contributed by atoms with Gasteiger partial charge in [0, 0.05) is 12.4 Å². The lowest BCUT2D eigenvalue weighted by Gasteiger charge is -2.01. The Morgan fingerprint density at radius 2 is 2.29 bits per heavy atom. The highest BCUT2D eigenvalue weighted by molar-refractivity contribution is 8.01. The summed E-state index contributed by atoms with van der Waals surface area (Å²) in [6.45, 7) is 1.92. The molecule has 0 spiro atoms. The van der Waals surface area contributed by atoms with E-state index in [-0.39, 0.29) is 0 Å². The number of aromatic nitrogens is 5. The van der Waals surface area contributed by atoms with Crippen molar-refractivity contribution in [2.75, 3.05) is 5.73 Å². The molecule has 0 radical (unpaired) electrons. The predicted octanol–water partition coefficient (Wildman–Crippen LogP) is 1.62. The summed E-state index contributed by atoms with van der Waals surface area (Å²) in [5.41, 5.74) is 6.51. The van der Waals surface area contributed by atoms with Crippen LogP contribution in [0.1, 0.15) is 5.01 Å². The van der Waals surface area contributed by atoms with Crippen molar-refractivity contribution in [3.8, 4) is 0 Å². The van der Waals surface area contributed by atoms with Crippen LogP contribution in [0.2, 0.25) is 0 Å². The van der Waals surface area contributed by atoms with Gasteiger partial charge in [0.05, 0.1) is 6.20 Å². The summed E-state index contributed by atoms with van der Waals surface area (Å²) in [7, 11) is 0. The van der Waals surface area contributed by atoms with E-state index in [4.69, 9.17) is 5.73 Å². The molecule has 17 heavy (non-hydrogen) atoms. The highest BCUT2D eigenvalue weighted by atomic mass is 32.2. The molecule has 0 saturated carbocycles. The molecule has 6 nitrogen and oxygen atoms in total. The van der Waals surface area contributed by atoms with Gasteiger partial charge in [0.1, 0.15) is 15.9 Å². The second-order valence-electron chi connectivity index (χ2n) is 3.32. The normalized spacial score (nSPS) is 11.1. The first-order valence-electron chi connectivity index (χ1n) is 4.79. The second kappa shape index (κ2) is 3.97. The maximum Gasteiger partial charge on any atom is 0.180 e. The summed E-state index contributed by atoms with van der Waals surface area (Å²) in [5.74, 6) is 0.458. The second-order valence-corrected chi connectivity index (χ2v) is 5.74. The molecule has 0 aliphatic rings. The van der Waals surface area contributed by atoms with Gasteiger partial charge in [-0.25, -0.2) is 9.97 Å². The molecule has 3 heterocycles. The molecule has 8 heteroatoms. The Labute approximate surface area is 105 Å². The molecule has 3 aromatic heterocycles. The Kier molecular flexibility index (Phi) is 2.45. The Balaban J connectivity index is 2.07.